The van der Waals surface area contributed by atoms with Gasteiger partial charge in [-0.05, 0) is 6.07 Å². The Labute approximate surface area is 109 Å². The smallest absolute Gasteiger partial charge is 0.404 e. The van der Waals surface area contributed by atoms with Crippen molar-refractivity contribution in [3.05, 3.63) is 39.9 Å². The van der Waals surface area contributed by atoms with Gasteiger partial charge in [0, 0.05) is 12.6 Å². The number of rotatable bonds is 6. The number of furan rings is 1. The van der Waals surface area contributed by atoms with E-state index in [4.69, 9.17) is 4.42 Å². The molecule has 0 saturated carbocycles. The molecule has 0 spiro atoms. The summed E-state index contributed by atoms with van der Waals surface area (Å²) in [5, 5.41) is 21.7. The normalized spacial score (nSPS) is 11.1. The van der Waals surface area contributed by atoms with Gasteiger partial charge in [0.25, 0.3) is 0 Å². The zero-order valence-corrected chi connectivity index (χ0v) is 10.7. The van der Waals surface area contributed by atoms with Gasteiger partial charge in [0.1, 0.15) is 17.2 Å². The summed E-state index contributed by atoms with van der Waals surface area (Å²) in [5.41, 5.74) is 0.815. The van der Waals surface area contributed by atoms with E-state index in [0.717, 1.165) is 5.69 Å². The second-order valence-electron chi connectivity index (χ2n) is 4.44. The van der Waals surface area contributed by atoms with Crippen molar-refractivity contribution in [2.45, 2.75) is 33.0 Å². The third kappa shape index (κ3) is 3.62. The van der Waals surface area contributed by atoms with Crippen LogP contribution in [0.15, 0.2) is 22.7 Å². The van der Waals surface area contributed by atoms with E-state index in [0.29, 0.717) is 24.9 Å². The van der Waals surface area contributed by atoms with Gasteiger partial charge in [-0.2, -0.15) is 0 Å². The molecule has 0 unspecified atom stereocenters. The lowest BCUT2D eigenvalue weighted by Gasteiger charge is -2.03. The average molecular weight is 265 g/mol. The van der Waals surface area contributed by atoms with Crippen LogP contribution in [-0.4, -0.2) is 26.0 Å². The fraction of sp³-hybridized carbons (Fsp3) is 0.455. The number of nitro groups is 1. The molecule has 0 saturated heterocycles. The molecule has 2 heterocycles. The fourth-order valence-corrected chi connectivity index (χ4v) is 1.51. The molecular weight excluding hydrogens is 250 g/mol. The predicted molar refractivity (Wildman–Crippen MR) is 66.5 cm³/mol. The maximum Gasteiger partial charge on any atom is 0.433 e. The van der Waals surface area contributed by atoms with Crippen LogP contribution in [0.1, 0.15) is 25.3 Å². The number of hydrogen-bond donors (Lipinski definition) is 1. The molecule has 0 aromatic carbocycles. The zero-order valence-electron chi connectivity index (χ0n) is 10.7. The highest BCUT2D eigenvalue weighted by atomic mass is 16.6. The Bertz CT molecular complexity index is 560. The molecule has 0 aliphatic rings. The lowest BCUT2D eigenvalue weighted by atomic mass is 10.3. The van der Waals surface area contributed by atoms with E-state index in [-0.39, 0.29) is 5.88 Å². The van der Waals surface area contributed by atoms with Gasteiger partial charge in [0.15, 0.2) is 0 Å². The van der Waals surface area contributed by atoms with E-state index >= 15 is 0 Å². The Kier molecular flexibility index (Phi) is 3.91. The van der Waals surface area contributed by atoms with Gasteiger partial charge in [0.2, 0.25) is 0 Å². The van der Waals surface area contributed by atoms with Crippen molar-refractivity contribution in [1.82, 2.24) is 20.3 Å². The van der Waals surface area contributed by atoms with Crippen molar-refractivity contribution < 1.29 is 9.34 Å². The Balaban J connectivity index is 1.97. The molecule has 19 heavy (non-hydrogen) atoms. The maximum atomic E-state index is 10.5. The summed E-state index contributed by atoms with van der Waals surface area (Å²) in [7, 11) is 0. The molecule has 2 aromatic heterocycles. The molecule has 0 aliphatic carbocycles. The largest absolute Gasteiger partial charge is 0.433 e. The lowest BCUT2D eigenvalue weighted by molar-refractivity contribution is -0.402. The van der Waals surface area contributed by atoms with Crippen molar-refractivity contribution in [1.29, 1.82) is 0 Å². The summed E-state index contributed by atoms with van der Waals surface area (Å²) >= 11 is 0. The summed E-state index contributed by atoms with van der Waals surface area (Å²) in [4.78, 5) is 9.92. The summed E-state index contributed by atoms with van der Waals surface area (Å²) in [5.74, 6) is 0.205. The third-order valence-corrected chi connectivity index (χ3v) is 2.42. The minimum absolute atomic E-state index is 0.267. The van der Waals surface area contributed by atoms with E-state index in [1.54, 1.807) is 16.9 Å². The molecule has 2 rings (SSSR count). The highest BCUT2D eigenvalue weighted by Crippen LogP contribution is 2.16. The van der Waals surface area contributed by atoms with Gasteiger partial charge in [-0.3, -0.25) is 10.1 Å². The van der Waals surface area contributed by atoms with Crippen LogP contribution in [0.2, 0.25) is 0 Å². The molecule has 0 atom stereocenters. The lowest BCUT2D eigenvalue weighted by Crippen LogP contribution is -2.21. The Morgan fingerprint density at radius 3 is 2.95 bits per heavy atom. The monoisotopic (exact) mass is 265 g/mol. The molecule has 8 heteroatoms. The average Bonchev–Trinajstić information content (AvgIpc) is 2.96. The van der Waals surface area contributed by atoms with Crippen LogP contribution in [0, 0.1) is 10.1 Å². The van der Waals surface area contributed by atoms with Crippen LogP contribution in [-0.2, 0) is 13.1 Å². The van der Waals surface area contributed by atoms with Crippen molar-refractivity contribution in [3.63, 3.8) is 0 Å². The maximum absolute atomic E-state index is 10.5. The molecule has 1 N–H and O–H groups in total. The Hall–Kier alpha value is -2.22. The minimum atomic E-state index is -0.567. The standard InChI is InChI=1S/C11H15N5O3/c1-8(2)12-5-9-6-15(14-13-9)7-10-3-4-11(19-10)16(17)18/h3-4,6,8,12H,5,7H2,1-2H3. The first kappa shape index (κ1) is 13.2. The number of nitrogens with one attached hydrogen (secondary N) is 1. The second kappa shape index (κ2) is 5.61. The molecule has 0 bridgehead atoms. The van der Waals surface area contributed by atoms with Crippen LogP contribution >= 0.6 is 0 Å². The van der Waals surface area contributed by atoms with Crippen molar-refractivity contribution in [3.8, 4) is 0 Å². The number of aromatic nitrogens is 3. The Morgan fingerprint density at radius 1 is 1.53 bits per heavy atom. The first-order chi connectivity index (χ1) is 9.04. The van der Waals surface area contributed by atoms with Crippen molar-refractivity contribution in [2.75, 3.05) is 0 Å². The predicted octanol–water partition coefficient (Wildman–Crippen LogP) is 1.33. The van der Waals surface area contributed by atoms with Gasteiger partial charge in [0.05, 0.1) is 18.0 Å². The topological polar surface area (TPSA) is 99.0 Å². The minimum Gasteiger partial charge on any atom is -0.404 e. The van der Waals surface area contributed by atoms with Crippen LogP contribution in [0.3, 0.4) is 0 Å². The summed E-state index contributed by atoms with van der Waals surface area (Å²) in [6.45, 7) is 5.05. The van der Waals surface area contributed by atoms with E-state index in [1.165, 1.54) is 6.07 Å². The Morgan fingerprint density at radius 2 is 2.32 bits per heavy atom. The quantitative estimate of drug-likeness (QED) is 0.624. The molecule has 0 amide bonds. The number of nitrogens with zero attached hydrogens (tertiary/aromatic N) is 4. The molecule has 8 nitrogen and oxygen atoms in total. The number of hydrogen-bond acceptors (Lipinski definition) is 6. The molecule has 2 aromatic rings. The van der Waals surface area contributed by atoms with E-state index in [9.17, 15) is 10.1 Å². The van der Waals surface area contributed by atoms with Gasteiger partial charge >= 0.3 is 5.88 Å². The van der Waals surface area contributed by atoms with Crippen LogP contribution in [0.4, 0.5) is 5.88 Å². The molecule has 0 fully saturated rings. The third-order valence-electron chi connectivity index (χ3n) is 2.42. The zero-order chi connectivity index (χ0) is 13.8. The van der Waals surface area contributed by atoms with Crippen LogP contribution in [0.25, 0.3) is 0 Å². The highest BCUT2D eigenvalue weighted by Gasteiger charge is 2.12. The van der Waals surface area contributed by atoms with Crippen LogP contribution < -0.4 is 5.32 Å². The van der Waals surface area contributed by atoms with Gasteiger partial charge in [-0.15, -0.1) is 5.10 Å². The molecule has 0 aliphatic heterocycles. The fourth-order valence-electron chi connectivity index (χ4n) is 1.51. The van der Waals surface area contributed by atoms with Crippen molar-refractivity contribution >= 4 is 5.88 Å². The first-order valence-corrected chi connectivity index (χ1v) is 5.90. The van der Waals surface area contributed by atoms with Gasteiger partial charge in [-0.1, -0.05) is 19.1 Å². The summed E-state index contributed by atoms with van der Waals surface area (Å²) < 4.78 is 6.64. The molecular formula is C11H15N5O3. The van der Waals surface area contributed by atoms with Crippen molar-refractivity contribution in [2.24, 2.45) is 0 Å². The van der Waals surface area contributed by atoms with Crippen LogP contribution in [0.5, 0.6) is 0 Å². The first-order valence-electron chi connectivity index (χ1n) is 5.90. The SMILES string of the molecule is CC(C)NCc1cn(Cc2ccc([N+](=O)[O-])o2)nn1. The highest BCUT2D eigenvalue weighted by molar-refractivity contribution is 5.17. The van der Waals surface area contributed by atoms with E-state index in [1.807, 2.05) is 13.8 Å². The molecule has 0 radical (unpaired) electrons. The van der Waals surface area contributed by atoms with E-state index < -0.39 is 4.92 Å². The molecule has 102 valence electrons. The van der Waals surface area contributed by atoms with Gasteiger partial charge < -0.3 is 9.73 Å². The summed E-state index contributed by atoms with van der Waals surface area (Å²) in [6, 6.07) is 3.26. The van der Waals surface area contributed by atoms with Gasteiger partial charge in [-0.25, -0.2) is 4.68 Å². The van der Waals surface area contributed by atoms with E-state index in [2.05, 4.69) is 15.6 Å². The summed E-state index contributed by atoms with van der Waals surface area (Å²) in [6.07, 6.45) is 1.78. The second-order valence-corrected chi connectivity index (χ2v) is 4.44.